The summed E-state index contributed by atoms with van der Waals surface area (Å²) in [6.45, 7) is 19.0. The van der Waals surface area contributed by atoms with E-state index in [4.69, 9.17) is 0 Å². The number of carbonyl (C=O) groups excluding carboxylic acids is 4. The zero-order valence-corrected chi connectivity index (χ0v) is 32.9. The van der Waals surface area contributed by atoms with Crippen LogP contribution in [-0.2, 0) is 34.4 Å². The van der Waals surface area contributed by atoms with E-state index in [0.29, 0.717) is 0 Å². The van der Waals surface area contributed by atoms with Gasteiger partial charge >= 0.3 is 6.03 Å². The van der Waals surface area contributed by atoms with E-state index in [1.807, 2.05) is 34.6 Å². The van der Waals surface area contributed by atoms with Gasteiger partial charge in [0.2, 0.25) is 21.8 Å². The van der Waals surface area contributed by atoms with Gasteiger partial charge < -0.3 is 20.9 Å². The molecule has 2 saturated carbocycles. The average Bonchev–Trinajstić information content (AvgIpc) is 3.76. The first kappa shape index (κ1) is 40.3. The largest absolute Gasteiger partial charge is 0.339 e. The third-order valence-electron chi connectivity index (χ3n) is 10.8. The van der Waals surface area contributed by atoms with Crippen LogP contribution in [-0.4, -0.2) is 99.9 Å². The SMILES string of the molecule is C=C[C@@H]1C[C@]1(NC(=O)[C@@H]1C2C(CN1C(=O)[C@@H](NC(=O)N[C@H](CN(C)S(C)(=O)=O)C(C)(C)C)C(C)(C)C)C2(C)C)C(=O)NS(=O)(=O)c1ccccc1. The Bertz CT molecular complexity index is 1790. The van der Waals surface area contributed by atoms with Crippen LogP contribution in [0, 0.1) is 34.0 Å². The number of likely N-dealkylation sites (tertiary alicyclic amines) is 1. The Morgan fingerprint density at radius 3 is 2.08 bits per heavy atom. The molecule has 14 nitrogen and oxygen atoms in total. The first-order chi connectivity index (χ1) is 23.2. The molecular formula is C35H54N6O8S2. The van der Waals surface area contributed by atoms with Crippen LogP contribution in [0.1, 0.15) is 61.8 Å². The molecule has 4 rings (SSSR count). The summed E-state index contributed by atoms with van der Waals surface area (Å²) >= 11 is 0. The molecule has 0 bridgehead atoms. The fraction of sp³-hybridized carbons (Fsp3) is 0.657. The lowest BCUT2D eigenvalue weighted by molar-refractivity contribution is -0.144. The lowest BCUT2D eigenvalue weighted by atomic mass is 9.85. The van der Waals surface area contributed by atoms with E-state index in [2.05, 4.69) is 27.3 Å². The maximum absolute atomic E-state index is 14.4. The molecule has 1 heterocycles. The van der Waals surface area contributed by atoms with Crippen molar-refractivity contribution in [2.45, 2.75) is 90.4 Å². The third-order valence-corrected chi connectivity index (χ3v) is 13.5. The first-order valence-electron chi connectivity index (χ1n) is 17.0. The molecule has 7 atom stereocenters. The number of likely N-dealkylation sites (N-methyl/N-ethyl adjacent to an activating group) is 1. The number of urea groups is 1. The molecule has 3 fully saturated rings. The van der Waals surface area contributed by atoms with Crippen molar-refractivity contribution in [3.63, 3.8) is 0 Å². The molecule has 0 spiro atoms. The number of rotatable bonds is 12. The summed E-state index contributed by atoms with van der Waals surface area (Å²) in [6.07, 6.45) is 2.71. The second-order valence-corrected chi connectivity index (χ2v) is 20.8. The summed E-state index contributed by atoms with van der Waals surface area (Å²) in [5.41, 5.74) is -3.21. The lowest BCUT2D eigenvalue weighted by Gasteiger charge is -2.39. The van der Waals surface area contributed by atoms with E-state index in [1.165, 1.54) is 42.3 Å². The van der Waals surface area contributed by atoms with E-state index in [0.717, 1.165) is 10.6 Å². The van der Waals surface area contributed by atoms with Crippen LogP contribution in [0.2, 0.25) is 0 Å². The van der Waals surface area contributed by atoms with Crippen LogP contribution in [0.25, 0.3) is 0 Å². The molecule has 1 aromatic rings. The fourth-order valence-corrected chi connectivity index (χ4v) is 8.57. The smallest absolute Gasteiger partial charge is 0.315 e. The van der Waals surface area contributed by atoms with E-state index in [1.54, 1.807) is 26.8 Å². The van der Waals surface area contributed by atoms with Gasteiger partial charge in [0.15, 0.2) is 0 Å². The van der Waals surface area contributed by atoms with Gasteiger partial charge in [-0.2, -0.15) is 0 Å². The number of carbonyl (C=O) groups is 4. The maximum Gasteiger partial charge on any atom is 0.315 e. The average molecular weight is 751 g/mol. The Balaban J connectivity index is 1.57. The van der Waals surface area contributed by atoms with Crippen molar-refractivity contribution in [1.82, 2.24) is 29.9 Å². The zero-order chi connectivity index (χ0) is 38.7. The molecule has 1 aliphatic heterocycles. The molecule has 4 N–H and O–H groups in total. The topological polar surface area (TPSA) is 191 Å². The summed E-state index contributed by atoms with van der Waals surface area (Å²) in [6, 6.07) is 4.06. The van der Waals surface area contributed by atoms with Crippen LogP contribution in [0.15, 0.2) is 47.9 Å². The Hall–Kier alpha value is -3.50. The number of nitrogens with zero attached hydrogens (tertiary/aromatic N) is 2. The highest BCUT2D eigenvalue weighted by molar-refractivity contribution is 7.90. The minimum Gasteiger partial charge on any atom is -0.339 e. The van der Waals surface area contributed by atoms with Gasteiger partial charge in [-0.25, -0.2) is 30.7 Å². The Labute approximate surface area is 302 Å². The number of hydrogen-bond acceptors (Lipinski definition) is 8. The molecule has 5 amide bonds. The van der Waals surface area contributed by atoms with Gasteiger partial charge in [0, 0.05) is 32.1 Å². The van der Waals surface area contributed by atoms with Crippen LogP contribution < -0.4 is 20.7 Å². The molecule has 16 heteroatoms. The Morgan fingerprint density at radius 1 is 1.00 bits per heavy atom. The number of nitrogens with one attached hydrogen (secondary N) is 4. The van der Waals surface area contributed by atoms with Crippen molar-refractivity contribution in [2.75, 3.05) is 26.4 Å². The van der Waals surface area contributed by atoms with Crippen molar-refractivity contribution in [1.29, 1.82) is 0 Å². The molecular weight excluding hydrogens is 697 g/mol. The molecule has 1 aromatic carbocycles. The molecule has 3 aliphatic rings. The monoisotopic (exact) mass is 750 g/mol. The van der Waals surface area contributed by atoms with E-state index in [-0.39, 0.29) is 41.7 Å². The predicted molar refractivity (Wildman–Crippen MR) is 193 cm³/mol. The summed E-state index contributed by atoms with van der Waals surface area (Å²) in [4.78, 5) is 57.1. The fourth-order valence-electron chi connectivity index (χ4n) is 7.09. The number of amides is 5. The Kier molecular flexibility index (Phi) is 10.6. The highest BCUT2D eigenvalue weighted by Gasteiger charge is 2.71. The van der Waals surface area contributed by atoms with Crippen LogP contribution in [0.4, 0.5) is 4.79 Å². The van der Waals surface area contributed by atoms with E-state index >= 15 is 0 Å². The van der Waals surface area contributed by atoms with Gasteiger partial charge in [-0.1, -0.05) is 79.7 Å². The third kappa shape index (κ3) is 8.27. The molecule has 2 aliphatic carbocycles. The van der Waals surface area contributed by atoms with Crippen LogP contribution in [0.5, 0.6) is 0 Å². The Morgan fingerprint density at radius 2 is 1.59 bits per heavy atom. The quantitative estimate of drug-likeness (QED) is 0.234. The van der Waals surface area contributed by atoms with Crippen molar-refractivity contribution < 1.29 is 36.0 Å². The second-order valence-electron chi connectivity index (χ2n) is 17.0. The van der Waals surface area contributed by atoms with Crippen molar-refractivity contribution in [3.8, 4) is 0 Å². The zero-order valence-electron chi connectivity index (χ0n) is 31.2. The van der Waals surface area contributed by atoms with Crippen molar-refractivity contribution >= 4 is 43.8 Å². The number of fused-ring (bicyclic) bond motifs is 1. The van der Waals surface area contributed by atoms with Gasteiger partial charge in [-0.3, -0.25) is 14.4 Å². The van der Waals surface area contributed by atoms with Crippen LogP contribution >= 0.6 is 0 Å². The highest BCUT2D eigenvalue weighted by atomic mass is 32.2. The maximum atomic E-state index is 14.4. The van der Waals surface area contributed by atoms with Gasteiger partial charge in [0.05, 0.1) is 11.2 Å². The lowest BCUT2D eigenvalue weighted by Crippen LogP contribution is -2.63. The van der Waals surface area contributed by atoms with E-state index in [9.17, 15) is 36.0 Å². The number of piperidine rings is 1. The number of benzene rings is 1. The van der Waals surface area contributed by atoms with Gasteiger partial charge in [-0.15, -0.1) is 6.58 Å². The summed E-state index contributed by atoms with van der Waals surface area (Å²) < 4.78 is 53.6. The minimum atomic E-state index is -4.23. The number of sulfonamides is 2. The number of hydrogen-bond donors (Lipinski definition) is 4. The summed E-state index contributed by atoms with van der Waals surface area (Å²) in [5, 5.41) is 8.49. The summed E-state index contributed by atoms with van der Waals surface area (Å²) in [7, 11) is -6.34. The van der Waals surface area contributed by atoms with Gasteiger partial charge in [-0.05, 0) is 46.6 Å². The minimum absolute atomic E-state index is 0.00434. The normalized spacial score (nSPS) is 26.7. The standard InChI is InChI=1S/C35H54N6O8S2/c1-12-21-18-35(21,30(44)39-51(48,49)22-16-14-13-15-17-22)38-28(42)26-25-23(34(25,8)9)19-41(26)29(43)27(33(5,6)7)37-31(45)36-24(32(2,3)4)20-40(10)50(11,46)47/h12-17,21,23-27H,1,18-20H2,2-11H3,(H,38,42)(H,39,44)(H2,36,37,45)/t21-,23?,24-,25?,26+,27-,35-/m1/s1. The molecule has 0 radical (unpaired) electrons. The summed E-state index contributed by atoms with van der Waals surface area (Å²) in [5.74, 6) is -2.75. The molecule has 284 valence electrons. The van der Waals surface area contributed by atoms with Crippen molar-refractivity contribution in [2.24, 2.45) is 34.0 Å². The van der Waals surface area contributed by atoms with Crippen molar-refractivity contribution in [3.05, 3.63) is 43.0 Å². The highest BCUT2D eigenvalue weighted by Crippen LogP contribution is 2.65. The predicted octanol–water partition coefficient (Wildman–Crippen LogP) is 2.06. The molecule has 1 saturated heterocycles. The van der Waals surface area contributed by atoms with Gasteiger partial charge in [0.1, 0.15) is 17.6 Å². The molecule has 2 unspecified atom stereocenters. The molecule has 51 heavy (non-hydrogen) atoms. The van der Waals surface area contributed by atoms with Gasteiger partial charge in [0.25, 0.3) is 15.9 Å². The second kappa shape index (κ2) is 13.5. The first-order valence-corrected chi connectivity index (χ1v) is 20.4. The van der Waals surface area contributed by atoms with Crippen LogP contribution in [0.3, 0.4) is 0 Å². The van der Waals surface area contributed by atoms with E-state index < -0.39 is 84.2 Å². The molecule has 0 aromatic heterocycles.